The Labute approximate surface area is 126 Å². The summed E-state index contributed by atoms with van der Waals surface area (Å²) in [5, 5.41) is 0. The molecule has 0 N–H and O–H groups in total. The second kappa shape index (κ2) is 8.25. The molecular formula is C19H22O2. The van der Waals surface area contributed by atoms with Gasteiger partial charge in [0.2, 0.25) is 0 Å². The second-order valence-corrected chi connectivity index (χ2v) is 5.23. The molecule has 0 aliphatic heterocycles. The maximum atomic E-state index is 11.9. The molecule has 0 heterocycles. The summed E-state index contributed by atoms with van der Waals surface area (Å²) in [6.45, 7) is 0. The van der Waals surface area contributed by atoms with Crippen molar-refractivity contribution in [2.45, 2.75) is 32.1 Å². The number of benzene rings is 2. The third kappa shape index (κ3) is 5.42. The minimum absolute atomic E-state index is 0.349. The molecule has 0 aliphatic carbocycles. The minimum atomic E-state index is 0.349. The van der Waals surface area contributed by atoms with Crippen molar-refractivity contribution in [3.63, 3.8) is 0 Å². The van der Waals surface area contributed by atoms with E-state index in [2.05, 4.69) is 12.1 Å². The lowest BCUT2D eigenvalue weighted by molar-refractivity contribution is -0.119. The van der Waals surface area contributed by atoms with Gasteiger partial charge in [-0.3, -0.25) is 4.79 Å². The molecule has 0 spiro atoms. The average molecular weight is 282 g/mol. The van der Waals surface area contributed by atoms with Crippen molar-refractivity contribution in [3.8, 4) is 5.75 Å². The summed E-state index contributed by atoms with van der Waals surface area (Å²) in [7, 11) is 1.66. The van der Waals surface area contributed by atoms with Gasteiger partial charge in [0.1, 0.15) is 11.5 Å². The number of hydrogen-bond acceptors (Lipinski definition) is 2. The molecule has 0 saturated heterocycles. The second-order valence-electron chi connectivity index (χ2n) is 5.23. The van der Waals surface area contributed by atoms with E-state index in [1.165, 1.54) is 11.1 Å². The highest BCUT2D eigenvalue weighted by atomic mass is 16.5. The number of aryl methyl sites for hydroxylation is 2. The van der Waals surface area contributed by atoms with Crippen molar-refractivity contribution in [2.75, 3.05) is 7.11 Å². The Bertz CT molecular complexity index is 544. The number of ether oxygens (including phenoxy) is 1. The van der Waals surface area contributed by atoms with Gasteiger partial charge in [0.25, 0.3) is 0 Å². The lowest BCUT2D eigenvalue weighted by Gasteiger charge is -2.04. The zero-order valence-corrected chi connectivity index (χ0v) is 12.5. The zero-order valence-electron chi connectivity index (χ0n) is 12.5. The first kappa shape index (κ1) is 15.3. The topological polar surface area (TPSA) is 26.3 Å². The third-order valence-electron chi connectivity index (χ3n) is 3.62. The normalized spacial score (nSPS) is 10.3. The van der Waals surface area contributed by atoms with Crippen LogP contribution in [0.25, 0.3) is 0 Å². The van der Waals surface area contributed by atoms with E-state index in [0.717, 1.165) is 25.0 Å². The number of carbonyl (C=O) groups excluding carboxylic acids is 1. The van der Waals surface area contributed by atoms with Gasteiger partial charge in [-0.15, -0.1) is 0 Å². The number of carbonyl (C=O) groups is 1. The van der Waals surface area contributed by atoms with Gasteiger partial charge in [-0.1, -0.05) is 42.5 Å². The van der Waals surface area contributed by atoms with E-state index in [9.17, 15) is 4.79 Å². The maximum absolute atomic E-state index is 11.9. The van der Waals surface area contributed by atoms with Gasteiger partial charge in [0.05, 0.1) is 7.11 Å². The summed E-state index contributed by atoms with van der Waals surface area (Å²) >= 11 is 0. The van der Waals surface area contributed by atoms with E-state index in [-0.39, 0.29) is 0 Å². The Balaban J connectivity index is 1.67. The van der Waals surface area contributed by atoms with Crippen molar-refractivity contribution in [1.29, 1.82) is 0 Å². The van der Waals surface area contributed by atoms with E-state index in [0.29, 0.717) is 18.6 Å². The van der Waals surface area contributed by atoms with Crippen LogP contribution in [-0.2, 0) is 17.6 Å². The molecule has 2 aromatic carbocycles. The molecule has 21 heavy (non-hydrogen) atoms. The molecule has 0 unspecified atom stereocenters. The van der Waals surface area contributed by atoms with Crippen LogP contribution < -0.4 is 4.74 Å². The Morgan fingerprint density at radius 2 is 1.52 bits per heavy atom. The van der Waals surface area contributed by atoms with Crippen LogP contribution in [0.3, 0.4) is 0 Å². The van der Waals surface area contributed by atoms with E-state index in [4.69, 9.17) is 4.74 Å². The molecule has 0 radical (unpaired) electrons. The molecule has 2 aromatic rings. The molecule has 0 atom stereocenters. The van der Waals surface area contributed by atoms with Crippen molar-refractivity contribution in [1.82, 2.24) is 0 Å². The van der Waals surface area contributed by atoms with Crippen molar-refractivity contribution < 1.29 is 9.53 Å². The highest BCUT2D eigenvalue weighted by Gasteiger charge is 2.03. The summed E-state index contributed by atoms with van der Waals surface area (Å²) in [5.41, 5.74) is 2.49. The predicted molar refractivity (Wildman–Crippen MR) is 85.7 cm³/mol. The van der Waals surface area contributed by atoms with Crippen LogP contribution in [-0.4, -0.2) is 12.9 Å². The largest absolute Gasteiger partial charge is 0.497 e. The number of Topliss-reactive ketones (excluding diaryl/α,β-unsaturated/α-hetero) is 1. The Morgan fingerprint density at radius 3 is 2.19 bits per heavy atom. The van der Waals surface area contributed by atoms with Gasteiger partial charge in [-0.25, -0.2) is 0 Å². The van der Waals surface area contributed by atoms with Crippen LogP contribution >= 0.6 is 0 Å². The summed E-state index contributed by atoms with van der Waals surface area (Å²) in [5.74, 6) is 1.20. The number of ketones is 1. The molecule has 2 rings (SSSR count). The van der Waals surface area contributed by atoms with Gasteiger partial charge < -0.3 is 4.74 Å². The molecule has 2 heteroatoms. The molecule has 0 fully saturated rings. The molecule has 0 saturated carbocycles. The molecule has 0 bridgehead atoms. The molecule has 2 nitrogen and oxygen atoms in total. The van der Waals surface area contributed by atoms with E-state index < -0.39 is 0 Å². The van der Waals surface area contributed by atoms with Crippen molar-refractivity contribution in [3.05, 3.63) is 65.7 Å². The summed E-state index contributed by atoms with van der Waals surface area (Å²) in [6, 6.07) is 18.3. The van der Waals surface area contributed by atoms with Gasteiger partial charge >= 0.3 is 0 Å². The molecule has 110 valence electrons. The monoisotopic (exact) mass is 282 g/mol. The van der Waals surface area contributed by atoms with Crippen LogP contribution in [0, 0.1) is 0 Å². The van der Waals surface area contributed by atoms with Crippen LogP contribution in [0.15, 0.2) is 54.6 Å². The van der Waals surface area contributed by atoms with Crippen molar-refractivity contribution >= 4 is 5.78 Å². The van der Waals surface area contributed by atoms with Crippen LogP contribution in [0.4, 0.5) is 0 Å². The smallest absolute Gasteiger partial charge is 0.133 e. The fourth-order valence-corrected chi connectivity index (χ4v) is 2.34. The number of methoxy groups -OCH3 is 1. The minimum Gasteiger partial charge on any atom is -0.497 e. The van der Waals surface area contributed by atoms with Crippen LogP contribution in [0.5, 0.6) is 5.75 Å². The average Bonchev–Trinajstić information content (AvgIpc) is 2.54. The maximum Gasteiger partial charge on any atom is 0.133 e. The Morgan fingerprint density at radius 1 is 0.857 bits per heavy atom. The fraction of sp³-hybridized carbons (Fsp3) is 0.316. The molecular weight excluding hydrogens is 260 g/mol. The fourth-order valence-electron chi connectivity index (χ4n) is 2.34. The zero-order chi connectivity index (χ0) is 14.9. The lowest BCUT2D eigenvalue weighted by atomic mass is 10.0. The van der Waals surface area contributed by atoms with E-state index >= 15 is 0 Å². The van der Waals surface area contributed by atoms with Gasteiger partial charge in [-0.05, 0) is 42.5 Å². The highest BCUT2D eigenvalue weighted by Crippen LogP contribution is 2.13. The lowest BCUT2D eigenvalue weighted by Crippen LogP contribution is -2.01. The van der Waals surface area contributed by atoms with Gasteiger partial charge in [-0.2, -0.15) is 0 Å². The molecule has 0 aromatic heterocycles. The number of hydrogen-bond donors (Lipinski definition) is 0. The summed E-state index contributed by atoms with van der Waals surface area (Å²) in [6.07, 6.45) is 4.03. The van der Waals surface area contributed by atoms with Crippen LogP contribution in [0.2, 0.25) is 0 Å². The van der Waals surface area contributed by atoms with Gasteiger partial charge in [0.15, 0.2) is 0 Å². The first-order valence-electron chi connectivity index (χ1n) is 7.46. The standard InChI is InChI=1S/C19H22O2/c1-21-19-14-11-17(12-15-19)10-13-18(20)9-5-8-16-6-3-2-4-7-16/h2-4,6-7,11-12,14-15H,5,8-10,13H2,1H3. The quantitative estimate of drug-likeness (QED) is 0.724. The van der Waals surface area contributed by atoms with Crippen molar-refractivity contribution in [2.24, 2.45) is 0 Å². The third-order valence-corrected chi connectivity index (χ3v) is 3.62. The van der Waals surface area contributed by atoms with E-state index in [1.54, 1.807) is 7.11 Å². The van der Waals surface area contributed by atoms with E-state index in [1.807, 2.05) is 42.5 Å². The SMILES string of the molecule is COc1ccc(CCC(=O)CCCc2ccccc2)cc1. The van der Waals surface area contributed by atoms with Gasteiger partial charge in [0, 0.05) is 12.8 Å². The van der Waals surface area contributed by atoms with Crippen LogP contribution in [0.1, 0.15) is 30.4 Å². The first-order valence-corrected chi connectivity index (χ1v) is 7.46. The predicted octanol–water partition coefficient (Wildman–Crippen LogP) is 4.22. The first-order chi connectivity index (χ1) is 10.3. The number of rotatable bonds is 8. The Hall–Kier alpha value is -2.09. The summed E-state index contributed by atoms with van der Waals surface area (Å²) in [4.78, 5) is 11.9. The molecule has 0 aliphatic rings. The Kier molecular flexibility index (Phi) is 6.01. The summed E-state index contributed by atoms with van der Waals surface area (Å²) < 4.78 is 5.12. The molecule has 0 amide bonds. The highest BCUT2D eigenvalue weighted by molar-refractivity contribution is 5.78.